The SMILES string of the molecule is C=O.OC/C=C/c1cnc2ccccc2c1. The lowest BCUT2D eigenvalue weighted by Gasteiger charge is -1.97. The molecule has 0 atom stereocenters. The summed E-state index contributed by atoms with van der Waals surface area (Å²) in [5, 5.41) is 9.75. The molecule has 0 aliphatic rings. The van der Waals surface area contributed by atoms with Gasteiger partial charge in [0.15, 0.2) is 0 Å². The summed E-state index contributed by atoms with van der Waals surface area (Å²) in [6.07, 6.45) is 5.36. The van der Waals surface area contributed by atoms with Crippen molar-refractivity contribution in [1.82, 2.24) is 4.98 Å². The van der Waals surface area contributed by atoms with E-state index in [1.807, 2.05) is 37.1 Å². The summed E-state index contributed by atoms with van der Waals surface area (Å²) in [4.78, 5) is 12.3. The summed E-state index contributed by atoms with van der Waals surface area (Å²) in [6.45, 7) is 2.06. The molecular formula is C13H13NO2. The average molecular weight is 215 g/mol. The largest absolute Gasteiger partial charge is 0.392 e. The van der Waals surface area contributed by atoms with Crippen molar-refractivity contribution in [2.45, 2.75) is 0 Å². The van der Waals surface area contributed by atoms with Gasteiger partial charge in [0.2, 0.25) is 0 Å². The first-order chi connectivity index (χ1) is 7.90. The van der Waals surface area contributed by atoms with E-state index >= 15 is 0 Å². The van der Waals surface area contributed by atoms with Gasteiger partial charge < -0.3 is 9.90 Å². The highest BCUT2D eigenvalue weighted by Gasteiger charge is 1.93. The Morgan fingerprint density at radius 2 is 2.06 bits per heavy atom. The Hall–Kier alpha value is -2.00. The van der Waals surface area contributed by atoms with Crippen LogP contribution in [0.25, 0.3) is 17.0 Å². The summed E-state index contributed by atoms with van der Waals surface area (Å²) < 4.78 is 0. The lowest BCUT2D eigenvalue weighted by molar-refractivity contribution is -0.0979. The third-order valence-corrected chi connectivity index (χ3v) is 2.03. The fourth-order valence-electron chi connectivity index (χ4n) is 1.37. The molecule has 0 aliphatic carbocycles. The number of para-hydroxylation sites is 1. The van der Waals surface area contributed by atoms with Gasteiger partial charge in [0.1, 0.15) is 6.79 Å². The van der Waals surface area contributed by atoms with Crippen molar-refractivity contribution >= 4 is 23.8 Å². The maximum absolute atomic E-state index is 8.63. The number of hydrogen-bond acceptors (Lipinski definition) is 3. The minimum absolute atomic E-state index is 0.0623. The molecule has 16 heavy (non-hydrogen) atoms. The van der Waals surface area contributed by atoms with Crippen LogP contribution in [0.15, 0.2) is 42.6 Å². The van der Waals surface area contributed by atoms with Gasteiger partial charge in [0, 0.05) is 11.6 Å². The molecule has 0 saturated carbocycles. The normalized spacial score (nSPS) is 10.1. The Bertz CT molecular complexity index is 480. The Morgan fingerprint density at radius 1 is 1.31 bits per heavy atom. The molecule has 2 aromatic rings. The van der Waals surface area contributed by atoms with Crippen molar-refractivity contribution in [3.63, 3.8) is 0 Å². The molecule has 1 heterocycles. The molecule has 0 unspecified atom stereocenters. The van der Waals surface area contributed by atoms with E-state index in [0.717, 1.165) is 16.5 Å². The second-order valence-electron chi connectivity index (χ2n) is 3.05. The highest BCUT2D eigenvalue weighted by Crippen LogP contribution is 2.13. The molecule has 0 radical (unpaired) electrons. The van der Waals surface area contributed by atoms with Crippen molar-refractivity contribution in [2.75, 3.05) is 6.61 Å². The third-order valence-electron chi connectivity index (χ3n) is 2.03. The maximum Gasteiger partial charge on any atom is 0.106 e. The molecule has 0 saturated heterocycles. The van der Waals surface area contributed by atoms with E-state index in [1.54, 1.807) is 12.3 Å². The number of fused-ring (bicyclic) bond motifs is 1. The van der Waals surface area contributed by atoms with Crippen LogP contribution in [-0.2, 0) is 4.79 Å². The average Bonchev–Trinajstić information content (AvgIpc) is 2.38. The number of pyridine rings is 1. The van der Waals surface area contributed by atoms with Crippen LogP contribution in [0.1, 0.15) is 5.56 Å². The Labute approximate surface area is 94.1 Å². The number of nitrogens with zero attached hydrogens (tertiary/aromatic N) is 1. The van der Waals surface area contributed by atoms with Crippen LogP contribution >= 0.6 is 0 Å². The number of benzene rings is 1. The summed E-state index contributed by atoms with van der Waals surface area (Å²) >= 11 is 0. The molecule has 0 bridgehead atoms. The van der Waals surface area contributed by atoms with Gasteiger partial charge in [-0.15, -0.1) is 0 Å². The highest BCUT2D eigenvalue weighted by atomic mass is 16.2. The zero-order valence-electron chi connectivity index (χ0n) is 8.84. The van der Waals surface area contributed by atoms with Crippen molar-refractivity contribution < 1.29 is 9.90 Å². The molecule has 2 rings (SSSR count). The van der Waals surface area contributed by atoms with Gasteiger partial charge >= 0.3 is 0 Å². The number of hydrogen-bond donors (Lipinski definition) is 1. The highest BCUT2D eigenvalue weighted by molar-refractivity contribution is 5.80. The lowest BCUT2D eigenvalue weighted by atomic mass is 10.1. The number of aliphatic hydroxyl groups is 1. The third kappa shape index (κ3) is 3.00. The Kier molecular flexibility index (Phi) is 4.89. The van der Waals surface area contributed by atoms with Crippen LogP contribution in [0.5, 0.6) is 0 Å². The molecule has 0 fully saturated rings. The first kappa shape index (κ1) is 12.1. The van der Waals surface area contributed by atoms with Crippen molar-refractivity contribution in [3.05, 3.63) is 48.2 Å². The van der Waals surface area contributed by atoms with E-state index < -0.39 is 0 Å². The smallest absolute Gasteiger partial charge is 0.106 e. The predicted molar refractivity (Wildman–Crippen MR) is 65.0 cm³/mol. The fraction of sp³-hybridized carbons (Fsp3) is 0.0769. The number of aromatic nitrogens is 1. The van der Waals surface area contributed by atoms with E-state index in [-0.39, 0.29) is 6.61 Å². The fourth-order valence-corrected chi connectivity index (χ4v) is 1.37. The standard InChI is InChI=1S/C12H11NO.CH2O/c14-7-3-4-10-8-11-5-1-2-6-12(11)13-9-10;1-2/h1-6,8-9,14H,7H2;1H2/b4-3+;. The molecule has 1 aromatic carbocycles. The molecule has 0 amide bonds. The van der Waals surface area contributed by atoms with Gasteiger partial charge in [-0.3, -0.25) is 4.98 Å². The van der Waals surface area contributed by atoms with Gasteiger partial charge in [-0.1, -0.05) is 30.4 Å². The Balaban J connectivity index is 0.000000606. The summed E-state index contributed by atoms with van der Waals surface area (Å²) in [5.41, 5.74) is 2.01. The maximum atomic E-state index is 8.63. The zero-order valence-corrected chi connectivity index (χ0v) is 8.84. The molecule has 3 heteroatoms. The van der Waals surface area contributed by atoms with Crippen LogP contribution in [-0.4, -0.2) is 23.5 Å². The second-order valence-corrected chi connectivity index (χ2v) is 3.05. The summed E-state index contributed by atoms with van der Waals surface area (Å²) in [6, 6.07) is 10.0. The number of aliphatic hydroxyl groups excluding tert-OH is 1. The van der Waals surface area contributed by atoms with Crippen LogP contribution in [0.2, 0.25) is 0 Å². The topological polar surface area (TPSA) is 50.2 Å². The zero-order chi connectivity index (χ0) is 11.8. The second kappa shape index (κ2) is 6.48. The van der Waals surface area contributed by atoms with Crippen molar-refractivity contribution in [2.24, 2.45) is 0 Å². The minimum Gasteiger partial charge on any atom is -0.392 e. The molecule has 1 N–H and O–H groups in total. The first-order valence-corrected chi connectivity index (χ1v) is 4.81. The number of rotatable bonds is 2. The van der Waals surface area contributed by atoms with Gasteiger partial charge in [-0.05, 0) is 17.7 Å². The minimum atomic E-state index is 0.0623. The van der Waals surface area contributed by atoms with Crippen LogP contribution < -0.4 is 0 Å². The van der Waals surface area contributed by atoms with Gasteiger partial charge in [-0.25, -0.2) is 0 Å². The lowest BCUT2D eigenvalue weighted by Crippen LogP contribution is -1.80. The monoisotopic (exact) mass is 215 g/mol. The van der Waals surface area contributed by atoms with Crippen LogP contribution in [0.4, 0.5) is 0 Å². The molecule has 82 valence electrons. The van der Waals surface area contributed by atoms with E-state index in [4.69, 9.17) is 9.90 Å². The van der Waals surface area contributed by atoms with Crippen molar-refractivity contribution in [3.8, 4) is 0 Å². The van der Waals surface area contributed by atoms with E-state index in [1.165, 1.54) is 0 Å². The molecule has 0 spiro atoms. The van der Waals surface area contributed by atoms with Gasteiger partial charge in [-0.2, -0.15) is 0 Å². The summed E-state index contributed by atoms with van der Waals surface area (Å²) in [7, 11) is 0. The molecular weight excluding hydrogens is 202 g/mol. The van der Waals surface area contributed by atoms with Crippen LogP contribution in [0.3, 0.4) is 0 Å². The van der Waals surface area contributed by atoms with E-state index in [2.05, 4.69) is 11.1 Å². The van der Waals surface area contributed by atoms with Gasteiger partial charge in [0.25, 0.3) is 0 Å². The van der Waals surface area contributed by atoms with E-state index in [9.17, 15) is 0 Å². The van der Waals surface area contributed by atoms with Crippen LogP contribution in [0, 0.1) is 0 Å². The quantitative estimate of drug-likeness (QED) is 0.834. The van der Waals surface area contributed by atoms with Gasteiger partial charge in [0.05, 0.1) is 12.1 Å². The number of carbonyl (C=O) groups excluding carboxylic acids is 1. The van der Waals surface area contributed by atoms with Crippen molar-refractivity contribution in [1.29, 1.82) is 0 Å². The Morgan fingerprint density at radius 3 is 2.81 bits per heavy atom. The first-order valence-electron chi connectivity index (χ1n) is 4.81. The molecule has 0 aliphatic heterocycles. The predicted octanol–water partition coefficient (Wildman–Crippen LogP) is 2.06. The van der Waals surface area contributed by atoms with E-state index in [0.29, 0.717) is 0 Å². The molecule has 3 nitrogen and oxygen atoms in total. The molecule has 1 aromatic heterocycles. The summed E-state index contributed by atoms with van der Waals surface area (Å²) in [5.74, 6) is 0. The number of carbonyl (C=O) groups is 1.